The molecule has 1 unspecified atom stereocenters. The Hall–Kier alpha value is -5.31. The number of phenols is 1. The van der Waals surface area contributed by atoms with Crippen molar-refractivity contribution in [3.05, 3.63) is 120 Å². The molecule has 0 fully saturated rings. The highest BCUT2D eigenvalue weighted by Gasteiger charge is 2.39. The van der Waals surface area contributed by atoms with Crippen molar-refractivity contribution in [3.8, 4) is 5.75 Å². The number of aromatic hydroxyl groups is 1. The highest BCUT2D eigenvalue weighted by molar-refractivity contribution is 6.35. The second-order valence-corrected chi connectivity index (χ2v) is 8.85. The van der Waals surface area contributed by atoms with Crippen molar-refractivity contribution in [1.82, 2.24) is 9.99 Å². The Labute approximate surface area is 217 Å². The molecule has 0 saturated heterocycles. The summed E-state index contributed by atoms with van der Waals surface area (Å²) in [7, 11) is 0. The number of nitrogens with one attached hydrogen (secondary N) is 1. The summed E-state index contributed by atoms with van der Waals surface area (Å²) in [6, 6.07) is 22.5. The van der Waals surface area contributed by atoms with Crippen LogP contribution in [0.1, 0.15) is 44.3 Å². The SMILES string of the molecule is O=C1c2ccccc2C(=O)N1c1ccccc1NC(=O)N1N=C(c2cccnc2)CC1c1ccccc1O. The van der Waals surface area contributed by atoms with Gasteiger partial charge in [-0.15, -0.1) is 0 Å². The van der Waals surface area contributed by atoms with Crippen molar-refractivity contribution >= 4 is 34.9 Å². The highest BCUT2D eigenvalue weighted by Crippen LogP contribution is 2.38. The van der Waals surface area contributed by atoms with Crippen molar-refractivity contribution < 1.29 is 19.5 Å². The fourth-order valence-electron chi connectivity index (χ4n) is 4.77. The molecule has 9 nitrogen and oxygen atoms in total. The number of fused-ring (bicyclic) bond motifs is 1. The molecule has 0 aliphatic carbocycles. The Morgan fingerprint density at radius 2 is 1.55 bits per heavy atom. The Morgan fingerprint density at radius 1 is 0.868 bits per heavy atom. The van der Waals surface area contributed by atoms with Crippen LogP contribution in [0.3, 0.4) is 0 Å². The molecule has 3 aromatic carbocycles. The second-order valence-electron chi connectivity index (χ2n) is 8.85. The summed E-state index contributed by atoms with van der Waals surface area (Å²) in [5.41, 5.74) is 3.07. The Balaban J connectivity index is 1.35. The molecule has 186 valence electrons. The number of para-hydroxylation sites is 3. The normalized spacial score (nSPS) is 16.4. The van der Waals surface area contributed by atoms with Crippen LogP contribution in [-0.4, -0.2) is 38.7 Å². The van der Waals surface area contributed by atoms with E-state index in [0.717, 1.165) is 10.5 Å². The number of benzene rings is 3. The lowest BCUT2D eigenvalue weighted by atomic mass is 9.98. The molecule has 0 radical (unpaired) electrons. The summed E-state index contributed by atoms with van der Waals surface area (Å²) >= 11 is 0. The molecule has 9 heteroatoms. The summed E-state index contributed by atoms with van der Waals surface area (Å²) in [5, 5.41) is 19.2. The van der Waals surface area contributed by atoms with Gasteiger partial charge in [0, 0.05) is 29.9 Å². The van der Waals surface area contributed by atoms with Crippen molar-refractivity contribution in [2.75, 3.05) is 10.2 Å². The maximum absolute atomic E-state index is 13.7. The minimum absolute atomic E-state index is 0.0457. The van der Waals surface area contributed by atoms with Gasteiger partial charge in [0.2, 0.25) is 0 Å². The van der Waals surface area contributed by atoms with Gasteiger partial charge in [0.25, 0.3) is 11.8 Å². The molecule has 2 aliphatic heterocycles. The van der Waals surface area contributed by atoms with Crippen molar-refractivity contribution in [2.24, 2.45) is 5.10 Å². The number of amides is 4. The first-order chi connectivity index (χ1) is 18.5. The first-order valence-corrected chi connectivity index (χ1v) is 12.0. The van der Waals surface area contributed by atoms with Gasteiger partial charge in [-0.3, -0.25) is 14.6 Å². The predicted octanol–water partition coefficient (Wildman–Crippen LogP) is 4.97. The van der Waals surface area contributed by atoms with Crippen LogP contribution < -0.4 is 10.2 Å². The number of phenolic OH excluding ortho intramolecular Hbond substituents is 1. The second kappa shape index (κ2) is 9.29. The average Bonchev–Trinajstić information content (AvgIpc) is 3.50. The first kappa shape index (κ1) is 23.1. The Kier molecular flexibility index (Phi) is 5.65. The van der Waals surface area contributed by atoms with Gasteiger partial charge in [0.05, 0.1) is 34.3 Å². The standard InChI is InChI=1S/C29H21N5O4/c35-26-14-6-3-11-21(26)25-16-23(18-8-7-15-30-17-18)32-34(25)29(38)31-22-12-4-5-13-24(22)33-27(36)19-9-1-2-10-20(19)28(33)37/h1-15,17,25,35H,16H2,(H,31,38). The quantitative estimate of drug-likeness (QED) is 0.382. The summed E-state index contributed by atoms with van der Waals surface area (Å²) in [6.07, 6.45) is 3.68. The van der Waals surface area contributed by atoms with Crippen LogP contribution in [0.5, 0.6) is 5.75 Å². The zero-order valence-electron chi connectivity index (χ0n) is 20.0. The van der Waals surface area contributed by atoms with Gasteiger partial charge in [0.1, 0.15) is 5.75 Å². The molecule has 2 N–H and O–H groups in total. The zero-order valence-corrected chi connectivity index (χ0v) is 20.0. The summed E-state index contributed by atoms with van der Waals surface area (Å²) < 4.78 is 0. The topological polar surface area (TPSA) is 115 Å². The van der Waals surface area contributed by atoms with E-state index < -0.39 is 23.9 Å². The number of hydrazone groups is 1. The lowest BCUT2D eigenvalue weighted by Gasteiger charge is -2.24. The molecule has 3 heterocycles. The summed E-state index contributed by atoms with van der Waals surface area (Å²) in [6.45, 7) is 0. The van der Waals surface area contributed by atoms with Crippen molar-refractivity contribution in [2.45, 2.75) is 12.5 Å². The van der Waals surface area contributed by atoms with Crippen LogP contribution in [-0.2, 0) is 0 Å². The van der Waals surface area contributed by atoms with Crippen LogP contribution in [0.25, 0.3) is 0 Å². The molecular formula is C29H21N5O4. The van der Waals surface area contributed by atoms with Gasteiger partial charge in [-0.05, 0) is 36.4 Å². The van der Waals surface area contributed by atoms with E-state index in [-0.39, 0.29) is 17.1 Å². The van der Waals surface area contributed by atoms with E-state index in [1.807, 2.05) is 6.07 Å². The molecule has 0 bridgehead atoms. The molecule has 0 spiro atoms. The van der Waals surface area contributed by atoms with E-state index in [0.29, 0.717) is 28.8 Å². The number of rotatable bonds is 4. The van der Waals surface area contributed by atoms with Crippen LogP contribution in [0.4, 0.5) is 16.2 Å². The van der Waals surface area contributed by atoms with E-state index in [1.54, 1.807) is 91.3 Å². The molecule has 38 heavy (non-hydrogen) atoms. The van der Waals surface area contributed by atoms with E-state index in [2.05, 4.69) is 15.4 Å². The van der Waals surface area contributed by atoms with Crippen molar-refractivity contribution in [3.63, 3.8) is 0 Å². The monoisotopic (exact) mass is 503 g/mol. The fourth-order valence-corrected chi connectivity index (χ4v) is 4.77. The van der Waals surface area contributed by atoms with E-state index in [4.69, 9.17) is 0 Å². The van der Waals surface area contributed by atoms with Gasteiger partial charge in [-0.1, -0.05) is 48.5 Å². The number of aromatic nitrogens is 1. The largest absolute Gasteiger partial charge is 0.508 e. The Bertz CT molecular complexity index is 1580. The third kappa shape index (κ3) is 3.86. The van der Waals surface area contributed by atoms with Crippen LogP contribution >= 0.6 is 0 Å². The highest BCUT2D eigenvalue weighted by atomic mass is 16.3. The van der Waals surface area contributed by atoms with Gasteiger partial charge < -0.3 is 10.4 Å². The maximum Gasteiger partial charge on any atom is 0.342 e. The van der Waals surface area contributed by atoms with Gasteiger partial charge >= 0.3 is 6.03 Å². The zero-order chi connectivity index (χ0) is 26.2. The number of urea groups is 1. The van der Waals surface area contributed by atoms with E-state index in [1.165, 1.54) is 5.01 Å². The maximum atomic E-state index is 13.7. The summed E-state index contributed by atoms with van der Waals surface area (Å²) in [5.74, 6) is -0.876. The number of pyridine rings is 1. The van der Waals surface area contributed by atoms with Gasteiger partial charge in [-0.2, -0.15) is 5.10 Å². The minimum atomic E-state index is -0.585. The smallest absolute Gasteiger partial charge is 0.342 e. The van der Waals surface area contributed by atoms with Crippen molar-refractivity contribution in [1.29, 1.82) is 0 Å². The number of carbonyl (C=O) groups excluding carboxylic acids is 3. The molecule has 0 saturated carbocycles. The number of carbonyl (C=O) groups is 3. The molecule has 1 aromatic heterocycles. The van der Waals surface area contributed by atoms with Gasteiger partial charge in [0.15, 0.2) is 0 Å². The molecule has 1 atom stereocenters. The van der Waals surface area contributed by atoms with E-state index >= 15 is 0 Å². The number of nitrogens with zero attached hydrogens (tertiary/aromatic N) is 4. The average molecular weight is 504 g/mol. The third-order valence-electron chi connectivity index (χ3n) is 6.59. The van der Waals surface area contributed by atoms with Crippen LogP contribution in [0.15, 0.2) is 102 Å². The molecule has 6 rings (SSSR count). The molecule has 4 amide bonds. The first-order valence-electron chi connectivity index (χ1n) is 12.0. The fraction of sp³-hybridized carbons (Fsp3) is 0.0690. The number of hydrogen-bond acceptors (Lipinski definition) is 6. The van der Waals surface area contributed by atoms with E-state index in [9.17, 15) is 19.5 Å². The summed E-state index contributed by atoms with van der Waals surface area (Å²) in [4.78, 5) is 45.1. The van der Waals surface area contributed by atoms with Gasteiger partial charge in [-0.25, -0.2) is 14.7 Å². The van der Waals surface area contributed by atoms with Crippen LogP contribution in [0.2, 0.25) is 0 Å². The third-order valence-corrected chi connectivity index (χ3v) is 6.59. The number of anilines is 2. The predicted molar refractivity (Wildman–Crippen MR) is 141 cm³/mol. The molecular weight excluding hydrogens is 482 g/mol. The molecule has 2 aliphatic rings. The molecule has 4 aromatic rings. The number of imide groups is 1. The lowest BCUT2D eigenvalue weighted by molar-refractivity contribution is 0.0926. The number of hydrogen-bond donors (Lipinski definition) is 2. The lowest BCUT2D eigenvalue weighted by Crippen LogP contribution is -2.34. The Morgan fingerprint density at radius 3 is 2.26 bits per heavy atom. The minimum Gasteiger partial charge on any atom is -0.508 e. The van der Waals surface area contributed by atoms with Crippen LogP contribution in [0, 0.1) is 0 Å².